The van der Waals surface area contributed by atoms with Crippen LogP contribution in [0.1, 0.15) is 141 Å². The van der Waals surface area contributed by atoms with Crippen LogP contribution in [0.5, 0.6) is 0 Å². The zero-order valence-electron chi connectivity index (χ0n) is 36.1. The maximum Gasteiger partial charge on any atom is 0.245 e. The minimum absolute atomic E-state index is 0.0755. The van der Waals surface area contributed by atoms with E-state index in [2.05, 4.69) is 28.2 Å². The maximum atomic E-state index is 14.3. The van der Waals surface area contributed by atoms with Crippen molar-refractivity contribution in [3.8, 4) is 0 Å². The number of hydrogen-bond acceptors (Lipinski definition) is 9. The van der Waals surface area contributed by atoms with Gasteiger partial charge in [-0.15, -0.1) is 0 Å². The predicted molar refractivity (Wildman–Crippen MR) is 219 cm³/mol. The number of unbranched alkanes of at least 4 members (excludes halogenated alkanes) is 2. The van der Waals surface area contributed by atoms with Crippen LogP contribution in [0.15, 0.2) is 0 Å². The van der Waals surface area contributed by atoms with Crippen LogP contribution in [0.3, 0.4) is 0 Å². The lowest BCUT2D eigenvalue weighted by atomic mass is 9.95. The average Bonchev–Trinajstić information content (AvgIpc) is 3.56. The Balaban J connectivity index is 2.40. The van der Waals surface area contributed by atoms with Crippen molar-refractivity contribution in [1.82, 2.24) is 31.1 Å². The van der Waals surface area contributed by atoms with Crippen LogP contribution < -0.4 is 21.3 Å². The van der Waals surface area contributed by atoms with E-state index in [1.54, 1.807) is 30.5 Å². The Morgan fingerprint density at radius 2 is 1.53 bits per heavy atom. The number of carbonyl (C=O) groups excluding carboxylic acids is 6. The molecule has 0 aromatic heterocycles. The molecular formula is C41H74N6O7S. The smallest absolute Gasteiger partial charge is 0.245 e. The van der Waals surface area contributed by atoms with Crippen LogP contribution in [0.4, 0.5) is 0 Å². The number of hydrogen-bond donors (Lipinski definition) is 4. The molecule has 4 N–H and O–H groups in total. The Morgan fingerprint density at radius 1 is 0.873 bits per heavy atom. The van der Waals surface area contributed by atoms with Crippen LogP contribution >= 0.6 is 11.8 Å². The van der Waals surface area contributed by atoms with Gasteiger partial charge in [-0.1, -0.05) is 33.1 Å². The lowest BCUT2D eigenvalue weighted by molar-refractivity contribution is -0.141. The van der Waals surface area contributed by atoms with Gasteiger partial charge in [-0.05, 0) is 120 Å². The molecule has 9 atom stereocenters. The number of likely N-dealkylation sites (tertiary alicyclic amines) is 1. The van der Waals surface area contributed by atoms with Gasteiger partial charge in [0.15, 0.2) is 0 Å². The molecule has 2 aliphatic heterocycles. The third-order valence-electron chi connectivity index (χ3n) is 10.2. The zero-order chi connectivity index (χ0) is 41.8. The van der Waals surface area contributed by atoms with Gasteiger partial charge < -0.3 is 35.7 Å². The highest BCUT2D eigenvalue weighted by Gasteiger charge is 2.60. The molecule has 13 nitrogen and oxygen atoms in total. The first kappa shape index (κ1) is 48.4. The molecule has 0 aromatic rings. The third-order valence-corrected chi connectivity index (χ3v) is 10.9. The molecule has 14 heteroatoms. The van der Waals surface area contributed by atoms with Gasteiger partial charge in [-0.25, -0.2) is 0 Å². The van der Waals surface area contributed by atoms with E-state index < -0.39 is 53.4 Å². The highest BCUT2D eigenvalue weighted by atomic mass is 32.2. The molecule has 0 radical (unpaired) electrons. The largest absolute Gasteiger partial charge is 0.370 e. The van der Waals surface area contributed by atoms with Gasteiger partial charge in [0.25, 0.3) is 0 Å². The molecule has 2 aliphatic rings. The maximum absolute atomic E-state index is 14.3. The van der Waals surface area contributed by atoms with E-state index >= 15 is 0 Å². The normalized spacial score (nSPS) is 22.1. The second-order valence-electron chi connectivity index (χ2n) is 17.7. The monoisotopic (exact) mass is 795 g/mol. The summed E-state index contributed by atoms with van der Waals surface area (Å²) in [6, 6.07) is -4.37. The number of Topliss-reactive ketones (excluding diaryl/α,β-unsaturated/α-hetero) is 1. The molecule has 2 fully saturated rings. The molecule has 2 heterocycles. The molecule has 5 amide bonds. The molecule has 0 saturated carbocycles. The Labute approximate surface area is 335 Å². The number of ketones is 1. The molecule has 0 aromatic carbocycles. The summed E-state index contributed by atoms with van der Waals surface area (Å²) >= 11 is 1.70. The van der Waals surface area contributed by atoms with Crippen LogP contribution in [0, 0.1) is 5.92 Å². The first-order valence-electron chi connectivity index (χ1n) is 20.5. The standard InChI is InChI=1S/C41H74N6O7S/c1-14-16-17-19-29(24-26(4)48)35(49)43-27(5)39(53)47-30(15-2)33(47)34(38(52)45-40(7,8)9)46-22-18-20-31(46)36(50)44-32(28(6)54-41(10,11)12)37(51)42-25(3)21-23-55-13/h25,27-34H,14-24H2,1-13H3,(H,42,51)(H,43,49)(H,44,50)(H,45,52)/t25-,27+,28-,29-,30-,31+,32+,33+,34-,47?/m1/s1. The molecule has 0 unspecified atom stereocenters. The summed E-state index contributed by atoms with van der Waals surface area (Å²) in [6.07, 6.45) is 7.27. The lowest BCUT2D eigenvalue weighted by Gasteiger charge is -2.36. The quantitative estimate of drug-likeness (QED) is 0.0922. The van der Waals surface area contributed by atoms with Crippen molar-refractivity contribution in [2.24, 2.45) is 5.92 Å². The van der Waals surface area contributed by atoms with E-state index in [-0.39, 0.29) is 53.8 Å². The molecule has 316 valence electrons. The summed E-state index contributed by atoms with van der Waals surface area (Å²) in [5.74, 6) is -1.34. The Bertz CT molecular complexity index is 1320. The van der Waals surface area contributed by atoms with Gasteiger partial charge in [0.1, 0.15) is 23.9 Å². The molecule has 55 heavy (non-hydrogen) atoms. The fourth-order valence-corrected chi connectivity index (χ4v) is 8.25. The summed E-state index contributed by atoms with van der Waals surface area (Å²) < 4.78 is 6.19. The van der Waals surface area contributed by atoms with Crippen LogP contribution in [-0.2, 0) is 33.5 Å². The first-order chi connectivity index (χ1) is 25.6. The van der Waals surface area contributed by atoms with Crippen molar-refractivity contribution < 1.29 is 33.5 Å². The average molecular weight is 795 g/mol. The van der Waals surface area contributed by atoms with Crippen molar-refractivity contribution >= 4 is 47.1 Å². The van der Waals surface area contributed by atoms with Crippen molar-refractivity contribution in [3.05, 3.63) is 0 Å². The molecule has 0 spiro atoms. The van der Waals surface area contributed by atoms with E-state index in [4.69, 9.17) is 4.74 Å². The summed E-state index contributed by atoms with van der Waals surface area (Å²) in [5, 5.41) is 12.0. The van der Waals surface area contributed by atoms with Crippen molar-refractivity contribution in [2.75, 3.05) is 18.6 Å². The number of nitrogens with one attached hydrogen (secondary N) is 4. The second-order valence-corrected chi connectivity index (χ2v) is 18.7. The van der Waals surface area contributed by atoms with Gasteiger partial charge in [0.2, 0.25) is 29.5 Å². The van der Waals surface area contributed by atoms with Crippen molar-refractivity contribution in [1.29, 1.82) is 0 Å². The van der Waals surface area contributed by atoms with Crippen molar-refractivity contribution in [3.63, 3.8) is 0 Å². The number of thioether (sulfide) groups is 1. The molecular weight excluding hydrogens is 721 g/mol. The van der Waals surface area contributed by atoms with E-state index in [0.29, 0.717) is 32.2 Å². The van der Waals surface area contributed by atoms with Crippen LogP contribution in [0.25, 0.3) is 0 Å². The van der Waals surface area contributed by atoms with Gasteiger partial charge in [0.05, 0.1) is 29.8 Å². The molecule has 2 saturated heterocycles. The molecule has 0 aliphatic carbocycles. The summed E-state index contributed by atoms with van der Waals surface area (Å²) in [6.45, 7) is 22.7. The van der Waals surface area contributed by atoms with E-state index in [0.717, 1.165) is 31.4 Å². The van der Waals surface area contributed by atoms with Gasteiger partial charge in [-0.3, -0.25) is 28.9 Å². The fraction of sp³-hybridized carbons (Fsp3) is 0.854. The van der Waals surface area contributed by atoms with E-state index in [1.807, 2.05) is 66.5 Å². The Morgan fingerprint density at radius 3 is 2.07 bits per heavy atom. The summed E-state index contributed by atoms with van der Waals surface area (Å²) in [5.41, 5.74) is -1.15. The first-order valence-corrected chi connectivity index (χ1v) is 21.9. The van der Waals surface area contributed by atoms with Gasteiger partial charge in [0, 0.05) is 23.9 Å². The Kier molecular flexibility index (Phi) is 19.1. The second kappa shape index (κ2) is 21.7. The zero-order valence-corrected chi connectivity index (χ0v) is 37.0. The number of rotatable bonds is 22. The predicted octanol–water partition coefficient (Wildman–Crippen LogP) is 4.35. The number of carbonyl (C=O) groups is 6. The minimum atomic E-state index is -0.978. The highest BCUT2D eigenvalue weighted by molar-refractivity contribution is 7.98. The van der Waals surface area contributed by atoms with Crippen molar-refractivity contribution in [2.45, 2.75) is 200 Å². The molecule has 0 bridgehead atoms. The third kappa shape index (κ3) is 15.3. The topological polar surface area (TPSA) is 166 Å². The summed E-state index contributed by atoms with van der Waals surface area (Å²) in [4.78, 5) is 85.3. The molecule has 2 rings (SSSR count). The van der Waals surface area contributed by atoms with Crippen LogP contribution in [0.2, 0.25) is 0 Å². The number of nitrogens with zero attached hydrogens (tertiary/aromatic N) is 2. The number of ether oxygens (including phenoxy) is 1. The number of amides is 5. The summed E-state index contributed by atoms with van der Waals surface area (Å²) in [7, 11) is 0. The fourth-order valence-electron chi connectivity index (χ4n) is 7.66. The minimum Gasteiger partial charge on any atom is -0.370 e. The SMILES string of the molecule is CCCCC[C@H](CC(C)=O)C(=O)N[C@@H](C)C(=O)N1[C@H]([C@H](C(=O)NC(C)(C)C)N2CCC[C@H]2C(=O)N[C@H](C(=O)N[C@H](C)CCSC)[C@@H](C)OC(C)(C)C)[C@H]1CC. The Hall–Kier alpha value is -2.71. The lowest BCUT2D eigenvalue weighted by Crippen LogP contribution is -2.62. The van der Waals surface area contributed by atoms with E-state index in [9.17, 15) is 28.8 Å². The van der Waals surface area contributed by atoms with E-state index in [1.165, 1.54) is 6.92 Å². The van der Waals surface area contributed by atoms with Crippen LogP contribution in [-0.4, -0.2) is 123 Å². The highest BCUT2D eigenvalue weighted by Crippen LogP contribution is 2.39. The van der Waals surface area contributed by atoms with Gasteiger partial charge >= 0.3 is 0 Å². The van der Waals surface area contributed by atoms with Gasteiger partial charge in [-0.2, -0.15) is 11.8 Å².